The zero-order chi connectivity index (χ0) is 23.7. The topological polar surface area (TPSA) is 120 Å². The molecular weight excluding hydrogens is 472 g/mol. The van der Waals surface area contributed by atoms with Gasteiger partial charge in [0.15, 0.2) is 0 Å². The van der Waals surface area contributed by atoms with Gasteiger partial charge < -0.3 is 15.6 Å². The van der Waals surface area contributed by atoms with Crippen molar-refractivity contribution < 1.29 is 8.42 Å². The first-order valence-electron chi connectivity index (χ1n) is 11.9. The number of H-pyrrole nitrogens is 1. The molecule has 0 amide bonds. The fourth-order valence-electron chi connectivity index (χ4n) is 4.72. The van der Waals surface area contributed by atoms with Crippen LogP contribution < -0.4 is 16.2 Å². The minimum absolute atomic E-state index is 0.00505. The maximum atomic E-state index is 13.4. The number of hydrogen-bond donors (Lipinski definition) is 3. The van der Waals surface area contributed by atoms with E-state index in [1.54, 1.807) is 11.2 Å². The number of sulfonamides is 1. The predicted octanol–water partition coefficient (Wildman–Crippen LogP) is 2.74. The molecule has 0 bridgehead atoms. The second kappa shape index (κ2) is 9.73. The molecule has 3 aromatic rings. The van der Waals surface area contributed by atoms with E-state index in [1.807, 2.05) is 24.3 Å². The largest absolute Gasteiger partial charge is 0.365 e. The Morgan fingerprint density at radius 2 is 1.97 bits per heavy atom. The van der Waals surface area contributed by atoms with Crippen LogP contribution in [0.5, 0.6) is 0 Å². The van der Waals surface area contributed by atoms with Gasteiger partial charge in [0.1, 0.15) is 22.2 Å². The number of aromatic amines is 1. The highest BCUT2D eigenvalue weighted by Gasteiger charge is 2.30. The summed E-state index contributed by atoms with van der Waals surface area (Å²) >= 11 is 1.49. The van der Waals surface area contributed by atoms with Crippen LogP contribution in [-0.4, -0.2) is 65.6 Å². The van der Waals surface area contributed by atoms with Gasteiger partial charge in [0.2, 0.25) is 10.0 Å². The zero-order valence-electron chi connectivity index (χ0n) is 19.2. The normalized spacial score (nSPS) is 20.6. The monoisotopic (exact) mass is 502 g/mol. The van der Waals surface area contributed by atoms with E-state index in [2.05, 4.69) is 15.6 Å². The molecule has 2 fully saturated rings. The van der Waals surface area contributed by atoms with Crippen molar-refractivity contribution in [3.05, 3.63) is 40.4 Å². The van der Waals surface area contributed by atoms with Gasteiger partial charge in [0.25, 0.3) is 5.56 Å². The SMILES string of the molecule is CCS(=O)(=O)N1CCC(c2nc(NC3CCCNC3)c(-c3nc4ccccc4s3)c(=O)[nH]2)CC1. The fourth-order valence-corrected chi connectivity index (χ4v) is 6.87. The van der Waals surface area contributed by atoms with Crippen molar-refractivity contribution in [1.29, 1.82) is 0 Å². The Morgan fingerprint density at radius 3 is 2.68 bits per heavy atom. The molecule has 0 aliphatic carbocycles. The summed E-state index contributed by atoms with van der Waals surface area (Å²) in [7, 11) is -3.20. The Labute approximate surface area is 203 Å². The van der Waals surface area contributed by atoms with Crippen LogP contribution in [0.4, 0.5) is 5.82 Å². The highest BCUT2D eigenvalue weighted by molar-refractivity contribution is 7.89. The molecule has 9 nitrogen and oxygen atoms in total. The van der Waals surface area contributed by atoms with Crippen molar-refractivity contribution in [3.8, 4) is 10.6 Å². The lowest BCUT2D eigenvalue weighted by atomic mass is 9.97. The molecule has 34 heavy (non-hydrogen) atoms. The minimum atomic E-state index is -3.20. The van der Waals surface area contributed by atoms with Crippen LogP contribution in [0.2, 0.25) is 0 Å². The van der Waals surface area contributed by atoms with Gasteiger partial charge in [0, 0.05) is 31.6 Å². The molecule has 1 aromatic carbocycles. The molecule has 2 aromatic heterocycles. The molecule has 182 valence electrons. The van der Waals surface area contributed by atoms with Gasteiger partial charge in [-0.3, -0.25) is 4.79 Å². The number of aromatic nitrogens is 3. The minimum Gasteiger partial charge on any atom is -0.365 e. The van der Waals surface area contributed by atoms with Crippen LogP contribution in [0.25, 0.3) is 20.8 Å². The first-order chi connectivity index (χ1) is 16.4. The first kappa shape index (κ1) is 23.4. The lowest BCUT2D eigenvalue weighted by Gasteiger charge is -2.31. The highest BCUT2D eigenvalue weighted by atomic mass is 32.2. The van der Waals surface area contributed by atoms with E-state index in [0.717, 1.165) is 36.1 Å². The molecular formula is C23H30N6O3S2. The second-order valence-electron chi connectivity index (χ2n) is 8.92. The third-order valence-corrected chi connectivity index (χ3v) is 9.62. The number of fused-ring (bicyclic) bond motifs is 1. The fraction of sp³-hybridized carbons (Fsp3) is 0.522. The number of anilines is 1. The number of rotatable bonds is 6. The van der Waals surface area contributed by atoms with Gasteiger partial charge in [-0.2, -0.15) is 0 Å². The Morgan fingerprint density at radius 1 is 1.18 bits per heavy atom. The maximum absolute atomic E-state index is 13.4. The van der Waals surface area contributed by atoms with Crippen molar-refractivity contribution >= 4 is 37.4 Å². The lowest BCUT2D eigenvalue weighted by Crippen LogP contribution is -2.40. The predicted molar refractivity (Wildman–Crippen MR) is 136 cm³/mol. The van der Waals surface area contributed by atoms with Crippen molar-refractivity contribution in [2.24, 2.45) is 0 Å². The molecule has 0 saturated carbocycles. The average molecular weight is 503 g/mol. The van der Waals surface area contributed by atoms with E-state index >= 15 is 0 Å². The molecule has 11 heteroatoms. The number of nitrogens with zero attached hydrogens (tertiary/aromatic N) is 3. The Kier molecular flexibility index (Phi) is 6.70. The molecule has 2 aliphatic rings. The van der Waals surface area contributed by atoms with Gasteiger partial charge in [-0.05, 0) is 51.3 Å². The molecule has 1 unspecified atom stereocenters. The van der Waals surface area contributed by atoms with Crippen molar-refractivity contribution in [2.45, 2.75) is 44.6 Å². The van der Waals surface area contributed by atoms with Crippen LogP contribution in [0, 0.1) is 0 Å². The Bertz CT molecular complexity index is 1290. The van der Waals surface area contributed by atoms with Crippen LogP contribution in [-0.2, 0) is 10.0 Å². The molecule has 4 heterocycles. The van der Waals surface area contributed by atoms with E-state index in [0.29, 0.717) is 48.1 Å². The van der Waals surface area contributed by atoms with Crippen LogP contribution in [0.1, 0.15) is 44.3 Å². The number of nitrogens with one attached hydrogen (secondary N) is 3. The summed E-state index contributed by atoms with van der Waals surface area (Å²) in [5.74, 6) is 1.29. The van der Waals surface area contributed by atoms with Gasteiger partial charge in [-0.25, -0.2) is 22.7 Å². The van der Waals surface area contributed by atoms with Crippen LogP contribution in [0.3, 0.4) is 0 Å². The molecule has 0 radical (unpaired) electrons. The Hall–Kier alpha value is -2.34. The third kappa shape index (κ3) is 4.74. The number of piperidine rings is 2. The Balaban J connectivity index is 1.49. The van der Waals surface area contributed by atoms with Gasteiger partial charge in [0.05, 0.1) is 16.0 Å². The molecule has 2 aliphatic heterocycles. The van der Waals surface area contributed by atoms with E-state index in [9.17, 15) is 13.2 Å². The lowest BCUT2D eigenvalue weighted by molar-refractivity contribution is 0.313. The van der Waals surface area contributed by atoms with Crippen LogP contribution >= 0.6 is 11.3 Å². The highest BCUT2D eigenvalue weighted by Crippen LogP contribution is 2.34. The quantitative estimate of drug-likeness (QED) is 0.474. The summed E-state index contributed by atoms with van der Waals surface area (Å²) < 4.78 is 27.0. The average Bonchev–Trinajstić information content (AvgIpc) is 3.28. The smallest absolute Gasteiger partial charge is 0.263 e. The van der Waals surface area contributed by atoms with Crippen LogP contribution in [0.15, 0.2) is 29.1 Å². The third-order valence-electron chi connectivity index (χ3n) is 6.68. The molecule has 1 atom stereocenters. The summed E-state index contributed by atoms with van der Waals surface area (Å²) in [5.41, 5.74) is 1.13. The van der Waals surface area contributed by atoms with Gasteiger partial charge in [-0.1, -0.05) is 12.1 Å². The van der Waals surface area contributed by atoms with Crippen molar-refractivity contribution in [3.63, 3.8) is 0 Å². The zero-order valence-corrected chi connectivity index (χ0v) is 20.8. The standard InChI is InChI=1S/C23H30N6O3S2/c1-2-34(31,32)29-12-9-15(10-13-29)20-27-21(25-16-6-5-11-24-14-16)19(22(30)28-20)23-26-17-7-3-4-8-18(17)33-23/h3-4,7-8,15-16,24H,2,5-6,9-14H2,1H3,(H2,25,27,28,30). The number of benzene rings is 1. The molecule has 2 saturated heterocycles. The second-order valence-corrected chi connectivity index (χ2v) is 12.2. The van der Waals surface area contributed by atoms with Crippen molar-refractivity contribution in [2.75, 3.05) is 37.2 Å². The molecule has 0 spiro atoms. The van der Waals surface area contributed by atoms with E-state index in [1.165, 1.54) is 11.3 Å². The number of hydrogen-bond acceptors (Lipinski definition) is 8. The summed E-state index contributed by atoms with van der Waals surface area (Å²) in [6.45, 7) is 4.37. The summed E-state index contributed by atoms with van der Waals surface area (Å²) in [6.07, 6.45) is 3.33. The van der Waals surface area contributed by atoms with E-state index in [4.69, 9.17) is 9.97 Å². The first-order valence-corrected chi connectivity index (χ1v) is 14.3. The van der Waals surface area contributed by atoms with Gasteiger partial charge >= 0.3 is 0 Å². The summed E-state index contributed by atoms with van der Waals surface area (Å²) in [4.78, 5) is 26.0. The maximum Gasteiger partial charge on any atom is 0.263 e. The van der Waals surface area contributed by atoms with Crippen molar-refractivity contribution in [1.82, 2.24) is 24.6 Å². The van der Waals surface area contributed by atoms with E-state index < -0.39 is 10.0 Å². The summed E-state index contributed by atoms with van der Waals surface area (Å²) in [5, 5.41) is 7.57. The van der Waals surface area contributed by atoms with Gasteiger partial charge in [-0.15, -0.1) is 11.3 Å². The number of thiazole rings is 1. The van der Waals surface area contributed by atoms with E-state index in [-0.39, 0.29) is 23.3 Å². The molecule has 5 rings (SSSR count). The molecule has 3 N–H and O–H groups in total. The summed E-state index contributed by atoms with van der Waals surface area (Å²) in [6, 6.07) is 8.04. The number of para-hydroxylation sites is 1.